The Bertz CT molecular complexity index is 425. The Balaban J connectivity index is 3.15. The summed E-state index contributed by atoms with van der Waals surface area (Å²) in [5, 5.41) is 18.8. The van der Waals surface area contributed by atoms with Crippen molar-refractivity contribution in [3.8, 4) is 6.07 Å². The molecule has 1 rings (SSSR count). The molecule has 0 amide bonds. The molecule has 0 aliphatic rings. The molecule has 0 aliphatic carbocycles. The Labute approximate surface area is 82.6 Å². The Hall–Kier alpha value is -1.74. The van der Waals surface area contributed by atoms with Gasteiger partial charge in [-0.05, 0) is 6.07 Å². The zero-order valence-electron chi connectivity index (χ0n) is 7.04. The van der Waals surface area contributed by atoms with E-state index in [1.165, 1.54) is 18.2 Å². The minimum atomic E-state index is -1.62. The monoisotopic (exact) mass is 210 g/mol. The van der Waals surface area contributed by atoms with Crippen molar-refractivity contribution in [2.45, 2.75) is 4.90 Å². The summed E-state index contributed by atoms with van der Waals surface area (Å²) >= 11 is 0. The van der Waals surface area contributed by atoms with Gasteiger partial charge in [-0.1, -0.05) is 12.1 Å². The molecule has 1 atom stereocenters. The van der Waals surface area contributed by atoms with Crippen LogP contribution in [0, 0.1) is 21.4 Å². The second-order valence-corrected chi connectivity index (χ2v) is 3.79. The van der Waals surface area contributed by atoms with Crippen molar-refractivity contribution in [3.63, 3.8) is 0 Å². The van der Waals surface area contributed by atoms with Gasteiger partial charge in [-0.25, -0.2) is 0 Å². The predicted octanol–water partition coefficient (Wildman–Crippen LogP) is 1.23. The highest BCUT2D eigenvalue weighted by atomic mass is 32.2. The Morgan fingerprint density at radius 3 is 2.71 bits per heavy atom. The molecule has 1 unspecified atom stereocenters. The van der Waals surface area contributed by atoms with Crippen molar-refractivity contribution in [1.29, 1.82) is 5.26 Å². The van der Waals surface area contributed by atoms with Crippen molar-refractivity contribution in [1.82, 2.24) is 0 Å². The molecule has 72 valence electrons. The van der Waals surface area contributed by atoms with Crippen LogP contribution < -0.4 is 0 Å². The maximum Gasteiger partial charge on any atom is 0.285 e. The molecule has 0 spiro atoms. The highest BCUT2D eigenvalue weighted by Crippen LogP contribution is 2.21. The van der Waals surface area contributed by atoms with E-state index in [9.17, 15) is 14.3 Å². The molecule has 0 radical (unpaired) electrons. The topological polar surface area (TPSA) is 84.0 Å². The first kappa shape index (κ1) is 10.3. The van der Waals surface area contributed by atoms with Gasteiger partial charge in [-0.3, -0.25) is 14.3 Å². The summed E-state index contributed by atoms with van der Waals surface area (Å²) in [4.78, 5) is 10.0. The van der Waals surface area contributed by atoms with Crippen molar-refractivity contribution in [3.05, 3.63) is 34.4 Å². The van der Waals surface area contributed by atoms with E-state index in [2.05, 4.69) is 0 Å². The SMILES string of the molecule is N#CCS(=O)c1ccccc1[N+](=O)[O-]. The third-order valence-corrected chi connectivity index (χ3v) is 2.73. The van der Waals surface area contributed by atoms with Crippen molar-refractivity contribution in [2.24, 2.45) is 0 Å². The van der Waals surface area contributed by atoms with Gasteiger partial charge in [0.15, 0.2) is 0 Å². The highest BCUT2D eigenvalue weighted by molar-refractivity contribution is 7.85. The van der Waals surface area contributed by atoms with E-state index in [4.69, 9.17) is 5.26 Å². The summed E-state index contributed by atoms with van der Waals surface area (Å²) < 4.78 is 11.4. The van der Waals surface area contributed by atoms with Crippen LogP contribution in [0.25, 0.3) is 0 Å². The number of hydrogen-bond donors (Lipinski definition) is 0. The van der Waals surface area contributed by atoms with Gasteiger partial charge in [0, 0.05) is 6.07 Å². The molecular weight excluding hydrogens is 204 g/mol. The third kappa shape index (κ3) is 2.14. The maximum absolute atomic E-state index is 11.4. The first-order chi connectivity index (χ1) is 6.66. The van der Waals surface area contributed by atoms with Crippen LogP contribution in [0.4, 0.5) is 5.69 Å². The molecule has 5 nitrogen and oxygen atoms in total. The average Bonchev–Trinajstić information content (AvgIpc) is 2.18. The minimum absolute atomic E-state index is 0.0963. The van der Waals surface area contributed by atoms with E-state index >= 15 is 0 Å². The molecule has 0 fully saturated rings. The van der Waals surface area contributed by atoms with Crippen LogP contribution in [0.15, 0.2) is 29.2 Å². The summed E-state index contributed by atoms with van der Waals surface area (Å²) in [6.07, 6.45) is 0. The molecule has 0 aliphatic heterocycles. The lowest BCUT2D eigenvalue weighted by atomic mass is 10.3. The quantitative estimate of drug-likeness (QED) is 0.554. The fourth-order valence-electron chi connectivity index (χ4n) is 0.937. The molecule has 1 aromatic rings. The number of nitrogens with zero attached hydrogens (tertiary/aromatic N) is 2. The first-order valence-electron chi connectivity index (χ1n) is 3.65. The predicted molar refractivity (Wildman–Crippen MR) is 50.0 cm³/mol. The summed E-state index contributed by atoms with van der Waals surface area (Å²) in [7, 11) is -1.62. The van der Waals surface area contributed by atoms with Gasteiger partial charge >= 0.3 is 0 Å². The summed E-state index contributed by atoms with van der Waals surface area (Å²) in [6, 6.07) is 7.42. The van der Waals surface area contributed by atoms with Crippen molar-refractivity contribution >= 4 is 16.5 Å². The van der Waals surface area contributed by atoms with Crippen LogP contribution in [0.2, 0.25) is 0 Å². The molecule has 0 saturated carbocycles. The van der Waals surface area contributed by atoms with Crippen molar-refractivity contribution in [2.75, 3.05) is 5.75 Å². The number of nitriles is 1. The molecule has 6 heteroatoms. The first-order valence-corrected chi connectivity index (χ1v) is 4.97. The summed E-state index contributed by atoms with van der Waals surface area (Å²) in [5.74, 6) is -0.231. The number of benzene rings is 1. The van der Waals surface area contributed by atoms with Crippen LogP contribution in [0.5, 0.6) is 0 Å². The smallest absolute Gasteiger partial charge is 0.258 e. The maximum atomic E-state index is 11.4. The molecule has 0 N–H and O–H groups in total. The van der Waals surface area contributed by atoms with Crippen LogP contribution >= 0.6 is 0 Å². The molecule has 0 bridgehead atoms. The fraction of sp³-hybridized carbons (Fsp3) is 0.125. The summed E-state index contributed by atoms with van der Waals surface area (Å²) in [6.45, 7) is 0. The highest BCUT2D eigenvalue weighted by Gasteiger charge is 2.17. The lowest BCUT2D eigenvalue weighted by Crippen LogP contribution is -2.00. The van der Waals surface area contributed by atoms with Gasteiger partial charge in [-0.15, -0.1) is 0 Å². The molecule has 0 saturated heterocycles. The fourth-order valence-corrected chi connectivity index (χ4v) is 1.82. The lowest BCUT2D eigenvalue weighted by molar-refractivity contribution is -0.387. The lowest BCUT2D eigenvalue weighted by Gasteiger charge is -1.98. The van der Waals surface area contributed by atoms with E-state index in [-0.39, 0.29) is 16.3 Å². The Kier molecular flexibility index (Phi) is 3.31. The van der Waals surface area contributed by atoms with Crippen LogP contribution in [0.1, 0.15) is 0 Å². The summed E-state index contributed by atoms with van der Waals surface area (Å²) in [5.41, 5.74) is -0.207. The van der Waals surface area contributed by atoms with Gasteiger partial charge in [0.05, 0.1) is 21.8 Å². The zero-order valence-corrected chi connectivity index (χ0v) is 7.86. The normalized spacial score (nSPS) is 11.6. The Morgan fingerprint density at radius 1 is 1.50 bits per heavy atom. The zero-order chi connectivity index (χ0) is 10.6. The second kappa shape index (κ2) is 4.48. The number of rotatable bonds is 3. The van der Waals surface area contributed by atoms with Gasteiger partial charge < -0.3 is 0 Å². The number of para-hydroxylation sites is 1. The number of nitro benzene ring substituents is 1. The van der Waals surface area contributed by atoms with Gasteiger partial charge in [-0.2, -0.15) is 5.26 Å². The van der Waals surface area contributed by atoms with Gasteiger partial charge in [0.1, 0.15) is 10.6 Å². The van der Waals surface area contributed by atoms with E-state index < -0.39 is 15.7 Å². The van der Waals surface area contributed by atoms with Crippen LogP contribution in [-0.2, 0) is 10.8 Å². The largest absolute Gasteiger partial charge is 0.285 e. The van der Waals surface area contributed by atoms with Crippen LogP contribution in [-0.4, -0.2) is 14.9 Å². The Morgan fingerprint density at radius 2 is 2.14 bits per heavy atom. The van der Waals surface area contributed by atoms with E-state index in [0.29, 0.717) is 0 Å². The van der Waals surface area contributed by atoms with Crippen LogP contribution in [0.3, 0.4) is 0 Å². The van der Waals surface area contributed by atoms with E-state index in [1.54, 1.807) is 12.1 Å². The van der Waals surface area contributed by atoms with Gasteiger partial charge in [0.25, 0.3) is 5.69 Å². The number of hydrogen-bond acceptors (Lipinski definition) is 4. The second-order valence-electron chi connectivity index (χ2n) is 2.37. The molecule has 1 aromatic carbocycles. The van der Waals surface area contributed by atoms with E-state index in [1.807, 2.05) is 0 Å². The molecular formula is C8H6N2O3S. The standard InChI is InChI=1S/C8H6N2O3S/c9-5-6-14(13)8-4-2-1-3-7(8)10(11)12/h1-4H,6H2. The van der Waals surface area contributed by atoms with Gasteiger partial charge in [0.2, 0.25) is 0 Å². The molecule has 0 aromatic heterocycles. The van der Waals surface area contributed by atoms with Crippen molar-refractivity contribution < 1.29 is 9.13 Å². The van der Waals surface area contributed by atoms with E-state index in [0.717, 1.165) is 0 Å². The third-order valence-electron chi connectivity index (χ3n) is 1.50. The number of nitro groups is 1. The average molecular weight is 210 g/mol. The molecule has 0 heterocycles. The minimum Gasteiger partial charge on any atom is -0.258 e. The molecule has 14 heavy (non-hydrogen) atoms.